The smallest absolute Gasteiger partial charge is 0.258 e. The van der Waals surface area contributed by atoms with Crippen molar-refractivity contribution in [1.82, 2.24) is 9.69 Å². The second kappa shape index (κ2) is 6.21. The van der Waals surface area contributed by atoms with Gasteiger partial charge >= 0.3 is 0 Å². The van der Waals surface area contributed by atoms with E-state index < -0.39 is 0 Å². The second-order valence-electron chi connectivity index (χ2n) is 4.94. The summed E-state index contributed by atoms with van der Waals surface area (Å²) in [5.74, 6) is 0.132. The highest BCUT2D eigenvalue weighted by atomic mass is 32.1. The zero-order valence-electron chi connectivity index (χ0n) is 11.0. The van der Waals surface area contributed by atoms with Crippen LogP contribution in [0.4, 0.5) is 10.8 Å². The molecule has 1 heterocycles. The summed E-state index contributed by atoms with van der Waals surface area (Å²) in [5, 5.41) is 16.0. The van der Waals surface area contributed by atoms with Gasteiger partial charge in [-0.3, -0.25) is 4.79 Å². The molecule has 1 amide bonds. The Morgan fingerprint density at radius 2 is 2.37 bits per heavy atom. The van der Waals surface area contributed by atoms with Crippen molar-refractivity contribution in [2.45, 2.75) is 44.8 Å². The van der Waals surface area contributed by atoms with Crippen molar-refractivity contribution in [1.29, 1.82) is 0 Å². The first kappa shape index (κ1) is 14.1. The third-order valence-corrected chi connectivity index (χ3v) is 3.76. The Labute approximate surface area is 116 Å². The average molecular weight is 284 g/mol. The third-order valence-electron chi connectivity index (χ3n) is 2.94. The number of nitrogens with one attached hydrogen (secondary N) is 2. The molecule has 0 saturated heterocycles. The van der Waals surface area contributed by atoms with Crippen LogP contribution < -0.4 is 16.4 Å². The molecule has 1 saturated carbocycles. The zero-order chi connectivity index (χ0) is 13.8. The number of rotatable bonds is 7. The molecule has 1 unspecified atom stereocenters. The Kier molecular flexibility index (Phi) is 4.60. The summed E-state index contributed by atoms with van der Waals surface area (Å²) in [4.78, 5) is 12.0. The number of nitrogens with two attached hydrogens (primary N) is 1. The largest absolute Gasteiger partial charge is 0.393 e. The fourth-order valence-electron chi connectivity index (χ4n) is 1.73. The van der Waals surface area contributed by atoms with Gasteiger partial charge in [-0.15, -0.1) is 0 Å². The van der Waals surface area contributed by atoms with Gasteiger partial charge in [-0.1, -0.05) is 0 Å². The van der Waals surface area contributed by atoms with Gasteiger partial charge in [-0.05, 0) is 44.1 Å². The Bertz CT molecular complexity index is 443. The SMILES string of the molecule is CC(O)CCCNc1snc(N)c1C(=O)NC1CC1. The Hall–Kier alpha value is -1.34. The van der Waals surface area contributed by atoms with Gasteiger partial charge < -0.3 is 21.5 Å². The van der Waals surface area contributed by atoms with Crippen molar-refractivity contribution in [2.24, 2.45) is 0 Å². The topological polar surface area (TPSA) is 100 Å². The molecule has 5 N–H and O–H groups in total. The predicted molar refractivity (Wildman–Crippen MR) is 76.4 cm³/mol. The van der Waals surface area contributed by atoms with Gasteiger partial charge in [0, 0.05) is 12.6 Å². The Balaban J connectivity index is 1.90. The van der Waals surface area contributed by atoms with E-state index >= 15 is 0 Å². The number of amides is 1. The molecule has 1 aliphatic rings. The molecule has 19 heavy (non-hydrogen) atoms. The fourth-order valence-corrected chi connectivity index (χ4v) is 2.46. The van der Waals surface area contributed by atoms with Crippen LogP contribution in [-0.2, 0) is 0 Å². The predicted octanol–water partition coefficient (Wildman–Crippen LogP) is 1.19. The first-order valence-electron chi connectivity index (χ1n) is 6.56. The van der Waals surface area contributed by atoms with Crippen LogP contribution in [-0.4, -0.2) is 34.1 Å². The highest BCUT2D eigenvalue weighted by molar-refractivity contribution is 7.11. The summed E-state index contributed by atoms with van der Waals surface area (Å²) >= 11 is 1.20. The molecule has 1 aliphatic carbocycles. The molecule has 0 aliphatic heterocycles. The van der Waals surface area contributed by atoms with Crippen molar-refractivity contribution in [3.05, 3.63) is 5.56 Å². The van der Waals surface area contributed by atoms with Crippen molar-refractivity contribution >= 4 is 28.3 Å². The fraction of sp³-hybridized carbons (Fsp3) is 0.667. The zero-order valence-corrected chi connectivity index (χ0v) is 11.8. The minimum atomic E-state index is -0.300. The van der Waals surface area contributed by atoms with Gasteiger partial charge in [0.2, 0.25) is 0 Å². The van der Waals surface area contributed by atoms with Gasteiger partial charge in [-0.25, -0.2) is 0 Å². The molecule has 2 rings (SSSR count). The molecule has 1 atom stereocenters. The number of carbonyl (C=O) groups excluding carboxylic acids is 1. The van der Waals surface area contributed by atoms with Crippen molar-refractivity contribution in [3.8, 4) is 0 Å². The van der Waals surface area contributed by atoms with E-state index in [9.17, 15) is 9.90 Å². The van der Waals surface area contributed by atoms with Crippen LogP contribution in [0.15, 0.2) is 0 Å². The average Bonchev–Trinajstić information content (AvgIpc) is 3.07. The number of aromatic nitrogens is 1. The lowest BCUT2D eigenvalue weighted by molar-refractivity contribution is 0.0953. The van der Waals surface area contributed by atoms with Gasteiger partial charge in [-0.2, -0.15) is 4.37 Å². The Morgan fingerprint density at radius 3 is 3.00 bits per heavy atom. The van der Waals surface area contributed by atoms with Crippen LogP contribution in [0.1, 0.15) is 43.0 Å². The summed E-state index contributed by atoms with van der Waals surface area (Å²) < 4.78 is 4.03. The minimum absolute atomic E-state index is 0.147. The first-order chi connectivity index (χ1) is 9.08. The van der Waals surface area contributed by atoms with Crippen LogP contribution in [0.2, 0.25) is 0 Å². The molecule has 6 nitrogen and oxygen atoms in total. The Morgan fingerprint density at radius 1 is 1.63 bits per heavy atom. The molecule has 1 aromatic heterocycles. The van der Waals surface area contributed by atoms with Crippen LogP contribution in [0.25, 0.3) is 0 Å². The van der Waals surface area contributed by atoms with Gasteiger partial charge in [0.1, 0.15) is 10.6 Å². The maximum atomic E-state index is 12.0. The quantitative estimate of drug-likeness (QED) is 0.564. The van der Waals surface area contributed by atoms with Gasteiger partial charge in [0.15, 0.2) is 5.82 Å². The van der Waals surface area contributed by atoms with Gasteiger partial charge in [0.25, 0.3) is 5.91 Å². The molecular formula is C12H20N4O2S. The summed E-state index contributed by atoms with van der Waals surface area (Å²) in [6.45, 7) is 2.45. The number of hydrogen-bond donors (Lipinski definition) is 4. The lowest BCUT2D eigenvalue weighted by Gasteiger charge is -2.08. The number of carbonyl (C=O) groups is 1. The summed E-state index contributed by atoms with van der Waals surface area (Å²) in [6, 6.07) is 0.301. The third kappa shape index (κ3) is 4.07. The number of anilines is 2. The molecule has 0 spiro atoms. The number of nitrogens with zero attached hydrogens (tertiary/aromatic N) is 1. The number of aliphatic hydroxyl groups excluding tert-OH is 1. The minimum Gasteiger partial charge on any atom is -0.393 e. The van der Waals surface area contributed by atoms with Crippen molar-refractivity contribution < 1.29 is 9.90 Å². The van der Waals surface area contributed by atoms with E-state index in [4.69, 9.17) is 5.73 Å². The molecule has 1 fully saturated rings. The van der Waals surface area contributed by atoms with Crippen molar-refractivity contribution in [2.75, 3.05) is 17.6 Å². The molecule has 1 aromatic rings. The van der Waals surface area contributed by atoms with Crippen LogP contribution in [0.3, 0.4) is 0 Å². The monoisotopic (exact) mass is 284 g/mol. The maximum Gasteiger partial charge on any atom is 0.258 e. The summed E-state index contributed by atoms with van der Waals surface area (Å²) in [5.41, 5.74) is 6.20. The number of nitrogen functional groups attached to an aromatic ring is 1. The molecule has 106 valence electrons. The molecule has 7 heteroatoms. The van der Waals surface area contributed by atoms with E-state index in [0.717, 1.165) is 25.7 Å². The lowest BCUT2D eigenvalue weighted by atomic mass is 10.2. The number of aliphatic hydroxyl groups is 1. The van der Waals surface area contributed by atoms with Gasteiger partial charge in [0.05, 0.1) is 6.10 Å². The van der Waals surface area contributed by atoms with E-state index in [1.807, 2.05) is 0 Å². The van der Waals surface area contributed by atoms with Crippen LogP contribution >= 0.6 is 11.5 Å². The van der Waals surface area contributed by atoms with E-state index in [1.54, 1.807) is 6.92 Å². The highest BCUT2D eigenvalue weighted by Gasteiger charge is 2.27. The molecule has 0 aromatic carbocycles. The maximum absolute atomic E-state index is 12.0. The van der Waals surface area contributed by atoms with Crippen LogP contribution in [0.5, 0.6) is 0 Å². The highest BCUT2D eigenvalue weighted by Crippen LogP contribution is 2.28. The summed E-state index contributed by atoms with van der Waals surface area (Å²) in [6.07, 6.45) is 3.34. The first-order valence-corrected chi connectivity index (χ1v) is 7.33. The van der Waals surface area contributed by atoms with Crippen LogP contribution in [0, 0.1) is 0 Å². The molecule has 0 bridgehead atoms. The lowest BCUT2D eigenvalue weighted by Crippen LogP contribution is -2.26. The van der Waals surface area contributed by atoms with E-state index in [2.05, 4.69) is 15.0 Å². The van der Waals surface area contributed by atoms with E-state index in [-0.39, 0.29) is 17.8 Å². The standard InChI is InChI=1S/C12H20N4O2S/c1-7(17)3-2-6-14-12-9(10(13)16-19-12)11(18)15-8-4-5-8/h7-8,14,17H,2-6H2,1H3,(H2,13,16)(H,15,18). The molecular weight excluding hydrogens is 264 g/mol. The number of hydrogen-bond acceptors (Lipinski definition) is 6. The normalized spacial score (nSPS) is 16.1. The van der Waals surface area contributed by atoms with E-state index in [1.165, 1.54) is 11.5 Å². The summed E-state index contributed by atoms with van der Waals surface area (Å²) in [7, 11) is 0. The van der Waals surface area contributed by atoms with E-state index in [0.29, 0.717) is 23.2 Å². The second-order valence-corrected chi connectivity index (χ2v) is 5.71. The molecule has 0 radical (unpaired) electrons. The van der Waals surface area contributed by atoms with Crippen molar-refractivity contribution in [3.63, 3.8) is 0 Å².